The van der Waals surface area contributed by atoms with Crippen LogP contribution in [0.1, 0.15) is 17.3 Å². The zero-order valence-corrected chi connectivity index (χ0v) is 10.9. The molecule has 1 aromatic carbocycles. The number of para-hydroxylation sites is 1. The summed E-state index contributed by atoms with van der Waals surface area (Å²) in [5, 5.41) is 0. The maximum absolute atomic E-state index is 11.7. The van der Waals surface area contributed by atoms with E-state index >= 15 is 0 Å². The minimum Gasteiger partial charge on any atom is -0.495 e. The molecule has 0 saturated heterocycles. The Morgan fingerprint density at radius 1 is 1.47 bits per heavy atom. The van der Waals surface area contributed by atoms with Crippen molar-refractivity contribution in [3.05, 3.63) is 23.8 Å². The molecule has 0 spiro atoms. The van der Waals surface area contributed by atoms with Crippen LogP contribution < -0.4 is 10.5 Å². The van der Waals surface area contributed by atoms with Gasteiger partial charge in [0.2, 0.25) is 0 Å². The minimum absolute atomic E-state index is 0.322. The first-order chi connectivity index (χ1) is 8.20. The largest absolute Gasteiger partial charge is 0.495 e. The molecule has 0 unspecified atom stereocenters. The Hall–Kier alpha value is -1.36. The summed E-state index contributed by atoms with van der Waals surface area (Å²) >= 11 is 1.72. The fourth-order valence-corrected chi connectivity index (χ4v) is 1.81. The number of hydrogen-bond donors (Lipinski definition) is 1. The van der Waals surface area contributed by atoms with Gasteiger partial charge in [-0.1, -0.05) is 13.0 Å². The quantitative estimate of drug-likeness (QED) is 0.479. The standard InChI is InChI=1S/C12H17NO3S/c1-3-17-8-7-16-12(14)9-5-4-6-10(15-2)11(9)13/h4-6H,3,7-8,13H2,1-2H3. The molecule has 0 aliphatic heterocycles. The van der Waals surface area contributed by atoms with Gasteiger partial charge in [0.1, 0.15) is 12.4 Å². The lowest BCUT2D eigenvalue weighted by molar-refractivity contribution is 0.0531. The van der Waals surface area contributed by atoms with Crippen molar-refractivity contribution in [2.75, 3.05) is 31.0 Å². The maximum Gasteiger partial charge on any atom is 0.340 e. The van der Waals surface area contributed by atoms with Gasteiger partial charge in [0.25, 0.3) is 0 Å². The van der Waals surface area contributed by atoms with Gasteiger partial charge in [-0.3, -0.25) is 0 Å². The first-order valence-electron chi connectivity index (χ1n) is 5.38. The average molecular weight is 255 g/mol. The summed E-state index contributed by atoms with van der Waals surface area (Å²) in [5.74, 6) is 1.89. The molecule has 0 bridgehead atoms. The van der Waals surface area contributed by atoms with Gasteiger partial charge < -0.3 is 15.2 Å². The molecule has 94 valence electrons. The molecule has 0 aliphatic carbocycles. The number of nitrogens with two attached hydrogens (primary N) is 1. The Bertz CT molecular complexity index is 382. The van der Waals surface area contributed by atoms with Crippen molar-refractivity contribution in [1.29, 1.82) is 0 Å². The van der Waals surface area contributed by atoms with E-state index in [-0.39, 0.29) is 0 Å². The third-order valence-electron chi connectivity index (χ3n) is 2.17. The molecule has 5 heteroatoms. The van der Waals surface area contributed by atoms with Crippen LogP contribution in [0.25, 0.3) is 0 Å². The van der Waals surface area contributed by atoms with E-state index in [0.29, 0.717) is 23.6 Å². The van der Waals surface area contributed by atoms with Crippen LogP contribution in [-0.2, 0) is 4.74 Å². The zero-order chi connectivity index (χ0) is 12.7. The van der Waals surface area contributed by atoms with Crippen molar-refractivity contribution in [1.82, 2.24) is 0 Å². The highest BCUT2D eigenvalue weighted by Gasteiger charge is 2.13. The van der Waals surface area contributed by atoms with Crippen LogP contribution in [0.5, 0.6) is 5.75 Å². The minimum atomic E-state index is -0.405. The van der Waals surface area contributed by atoms with Gasteiger partial charge in [-0.15, -0.1) is 0 Å². The predicted molar refractivity (Wildman–Crippen MR) is 70.7 cm³/mol. The summed E-state index contributed by atoms with van der Waals surface area (Å²) in [6.45, 7) is 2.46. The van der Waals surface area contributed by atoms with Gasteiger partial charge in [-0.25, -0.2) is 4.79 Å². The van der Waals surface area contributed by atoms with E-state index in [9.17, 15) is 4.79 Å². The number of anilines is 1. The molecule has 2 N–H and O–H groups in total. The number of carbonyl (C=O) groups is 1. The highest BCUT2D eigenvalue weighted by atomic mass is 32.2. The second kappa shape index (κ2) is 7.06. The molecule has 0 heterocycles. The molecule has 1 aromatic rings. The molecule has 17 heavy (non-hydrogen) atoms. The molecule has 0 atom stereocenters. The lowest BCUT2D eigenvalue weighted by atomic mass is 10.1. The summed E-state index contributed by atoms with van der Waals surface area (Å²) in [4.78, 5) is 11.7. The molecule has 0 amide bonds. The molecule has 1 rings (SSSR count). The third kappa shape index (κ3) is 3.85. The zero-order valence-electron chi connectivity index (χ0n) is 10.1. The van der Waals surface area contributed by atoms with E-state index in [0.717, 1.165) is 11.5 Å². The fourth-order valence-electron chi connectivity index (χ4n) is 1.32. The summed E-state index contributed by atoms with van der Waals surface area (Å²) in [6, 6.07) is 5.05. The van der Waals surface area contributed by atoms with Crippen LogP contribution in [-0.4, -0.2) is 31.2 Å². The molecular formula is C12H17NO3S. The highest BCUT2D eigenvalue weighted by molar-refractivity contribution is 7.99. The van der Waals surface area contributed by atoms with Crippen LogP contribution >= 0.6 is 11.8 Å². The van der Waals surface area contributed by atoms with Gasteiger partial charge in [-0.05, 0) is 17.9 Å². The SMILES string of the molecule is CCSCCOC(=O)c1cccc(OC)c1N. The first kappa shape index (κ1) is 13.7. The number of nitrogen functional groups attached to an aromatic ring is 1. The van der Waals surface area contributed by atoms with Crippen molar-refractivity contribution in [3.63, 3.8) is 0 Å². The number of hydrogen-bond acceptors (Lipinski definition) is 5. The Kier molecular flexibility index (Phi) is 5.69. The number of thioether (sulfide) groups is 1. The van der Waals surface area contributed by atoms with Crippen LogP contribution in [0.2, 0.25) is 0 Å². The number of benzene rings is 1. The summed E-state index contributed by atoms with van der Waals surface area (Å²) in [6.07, 6.45) is 0. The number of esters is 1. The normalized spacial score (nSPS) is 10.0. The molecule has 0 saturated carbocycles. The van der Waals surface area contributed by atoms with Gasteiger partial charge >= 0.3 is 5.97 Å². The molecule has 0 fully saturated rings. The number of carbonyl (C=O) groups excluding carboxylic acids is 1. The lowest BCUT2D eigenvalue weighted by Gasteiger charge is -2.09. The highest BCUT2D eigenvalue weighted by Crippen LogP contribution is 2.25. The van der Waals surface area contributed by atoms with Gasteiger partial charge in [0, 0.05) is 5.75 Å². The van der Waals surface area contributed by atoms with Crippen molar-refractivity contribution in [2.45, 2.75) is 6.92 Å². The van der Waals surface area contributed by atoms with Crippen molar-refractivity contribution < 1.29 is 14.3 Å². The van der Waals surface area contributed by atoms with Crippen LogP contribution in [0.4, 0.5) is 5.69 Å². The number of ether oxygens (including phenoxy) is 2. The monoisotopic (exact) mass is 255 g/mol. The molecular weight excluding hydrogens is 238 g/mol. The van der Waals surface area contributed by atoms with Gasteiger partial charge in [0.05, 0.1) is 18.4 Å². The Morgan fingerprint density at radius 3 is 2.88 bits per heavy atom. The van der Waals surface area contributed by atoms with Crippen LogP contribution in [0, 0.1) is 0 Å². The third-order valence-corrected chi connectivity index (χ3v) is 3.03. The van der Waals surface area contributed by atoms with Crippen LogP contribution in [0.15, 0.2) is 18.2 Å². The fraction of sp³-hybridized carbons (Fsp3) is 0.417. The van der Waals surface area contributed by atoms with E-state index < -0.39 is 5.97 Å². The Morgan fingerprint density at radius 2 is 2.24 bits per heavy atom. The first-order valence-corrected chi connectivity index (χ1v) is 6.53. The Balaban J connectivity index is 2.62. The smallest absolute Gasteiger partial charge is 0.340 e. The number of methoxy groups -OCH3 is 1. The lowest BCUT2D eigenvalue weighted by Crippen LogP contribution is -2.11. The van der Waals surface area contributed by atoms with E-state index in [1.807, 2.05) is 0 Å². The molecule has 0 aliphatic rings. The van der Waals surface area contributed by atoms with Crippen molar-refractivity contribution >= 4 is 23.4 Å². The van der Waals surface area contributed by atoms with E-state index in [1.54, 1.807) is 30.0 Å². The predicted octanol–water partition coefficient (Wildman–Crippen LogP) is 2.19. The van der Waals surface area contributed by atoms with Crippen LogP contribution in [0.3, 0.4) is 0 Å². The summed E-state index contributed by atoms with van der Waals surface area (Å²) in [7, 11) is 1.51. The summed E-state index contributed by atoms with van der Waals surface area (Å²) < 4.78 is 10.2. The maximum atomic E-state index is 11.7. The van der Waals surface area contributed by atoms with Gasteiger partial charge in [-0.2, -0.15) is 11.8 Å². The van der Waals surface area contributed by atoms with E-state index in [4.69, 9.17) is 15.2 Å². The van der Waals surface area contributed by atoms with Gasteiger partial charge in [0.15, 0.2) is 0 Å². The molecule has 0 aromatic heterocycles. The van der Waals surface area contributed by atoms with Crippen molar-refractivity contribution in [3.8, 4) is 5.75 Å². The van der Waals surface area contributed by atoms with E-state index in [2.05, 4.69) is 6.92 Å². The molecule has 0 radical (unpaired) electrons. The Labute approximate surface area is 105 Å². The summed E-state index contributed by atoms with van der Waals surface area (Å²) in [5.41, 5.74) is 6.47. The van der Waals surface area contributed by atoms with Crippen molar-refractivity contribution in [2.24, 2.45) is 0 Å². The molecule has 4 nitrogen and oxygen atoms in total. The average Bonchev–Trinajstić information content (AvgIpc) is 2.34. The topological polar surface area (TPSA) is 61.5 Å². The number of rotatable bonds is 6. The second-order valence-corrected chi connectivity index (χ2v) is 4.65. The van der Waals surface area contributed by atoms with E-state index in [1.165, 1.54) is 7.11 Å². The second-order valence-electron chi connectivity index (χ2n) is 3.25.